The van der Waals surface area contributed by atoms with Crippen LogP contribution in [0.3, 0.4) is 0 Å². The third kappa shape index (κ3) is 6.22. The first kappa shape index (κ1) is 20.7. The highest BCUT2D eigenvalue weighted by Gasteiger charge is 2.16. The van der Waals surface area contributed by atoms with Crippen LogP contribution in [0.15, 0.2) is 48.5 Å². The van der Waals surface area contributed by atoms with Crippen LogP contribution in [0.5, 0.6) is 5.75 Å². The van der Waals surface area contributed by atoms with Crippen molar-refractivity contribution >= 4 is 23.2 Å². The number of carbonyl (C=O) groups excluding carboxylic acids is 2. The molecule has 1 aliphatic heterocycles. The summed E-state index contributed by atoms with van der Waals surface area (Å²) < 4.78 is 11.3. The molecule has 0 bridgehead atoms. The SMILES string of the molecule is CN(C)C(=O)c1ccc(NCC(=O)Nc2ccc(OCC3CCCO3)cc2)cc1. The normalized spacial score (nSPS) is 15.6. The third-order valence-electron chi connectivity index (χ3n) is 4.59. The Morgan fingerprint density at radius 2 is 1.76 bits per heavy atom. The minimum Gasteiger partial charge on any atom is -0.491 e. The maximum absolute atomic E-state index is 12.2. The fourth-order valence-electron chi connectivity index (χ4n) is 2.98. The second-order valence-electron chi connectivity index (χ2n) is 7.15. The topological polar surface area (TPSA) is 79.9 Å². The second kappa shape index (κ2) is 9.93. The van der Waals surface area contributed by atoms with Crippen molar-refractivity contribution in [2.75, 3.05) is 44.5 Å². The molecule has 0 saturated carbocycles. The lowest BCUT2D eigenvalue weighted by atomic mass is 10.2. The number of anilines is 2. The van der Waals surface area contributed by atoms with E-state index in [1.807, 2.05) is 24.3 Å². The van der Waals surface area contributed by atoms with Gasteiger partial charge in [0.1, 0.15) is 12.4 Å². The van der Waals surface area contributed by atoms with Gasteiger partial charge in [-0.2, -0.15) is 0 Å². The molecule has 3 rings (SSSR count). The summed E-state index contributed by atoms with van der Waals surface area (Å²) in [6.07, 6.45) is 2.30. The first-order valence-electron chi connectivity index (χ1n) is 9.71. The van der Waals surface area contributed by atoms with E-state index in [4.69, 9.17) is 9.47 Å². The van der Waals surface area contributed by atoms with E-state index < -0.39 is 0 Å². The van der Waals surface area contributed by atoms with E-state index in [1.54, 1.807) is 38.4 Å². The molecule has 0 aliphatic carbocycles. The van der Waals surface area contributed by atoms with Crippen molar-refractivity contribution in [3.8, 4) is 5.75 Å². The molecule has 29 heavy (non-hydrogen) atoms. The first-order valence-corrected chi connectivity index (χ1v) is 9.71. The Balaban J connectivity index is 1.42. The molecule has 7 nitrogen and oxygen atoms in total. The molecule has 1 atom stereocenters. The fraction of sp³-hybridized carbons (Fsp3) is 0.364. The summed E-state index contributed by atoms with van der Waals surface area (Å²) in [6.45, 7) is 1.48. The number of nitrogens with zero attached hydrogens (tertiary/aromatic N) is 1. The molecule has 2 N–H and O–H groups in total. The van der Waals surface area contributed by atoms with Gasteiger partial charge in [0, 0.05) is 37.6 Å². The fourth-order valence-corrected chi connectivity index (χ4v) is 2.98. The van der Waals surface area contributed by atoms with Crippen LogP contribution in [0.1, 0.15) is 23.2 Å². The quantitative estimate of drug-likeness (QED) is 0.716. The Labute approximate surface area is 171 Å². The molecule has 2 aromatic carbocycles. The molecule has 1 heterocycles. The van der Waals surface area contributed by atoms with Gasteiger partial charge < -0.3 is 25.0 Å². The molecule has 0 aromatic heterocycles. The number of hydrogen-bond acceptors (Lipinski definition) is 5. The molecular weight excluding hydrogens is 370 g/mol. The van der Waals surface area contributed by atoms with Gasteiger partial charge in [0.2, 0.25) is 5.91 Å². The summed E-state index contributed by atoms with van der Waals surface area (Å²) in [4.78, 5) is 25.6. The standard InChI is InChI=1S/C22H27N3O4/c1-25(2)22(27)16-5-7-17(8-6-16)23-14-21(26)24-18-9-11-19(12-10-18)29-15-20-4-3-13-28-20/h5-12,20,23H,3-4,13-15H2,1-2H3,(H,24,26). The zero-order valence-electron chi connectivity index (χ0n) is 16.8. The molecule has 2 aromatic rings. The summed E-state index contributed by atoms with van der Waals surface area (Å²) >= 11 is 0. The second-order valence-corrected chi connectivity index (χ2v) is 7.15. The summed E-state index contributed by atoms with van der Waals surface area (Å²) in [5.74, 6) is 0.535. The molecule has 7 heteroatoms. The summed E-state index contributed by atoms with van der Waals surface area (Å²) in [5.41, 5.74) is 2.08. The van der Waals surface area contributed by atoms with Gasteiger partial charge in [-0.1, -0.05) is 0 Å². The van der Waals surface area contributed by atoms with Crippen LogP contribution >= 0.6 is 0 Å². The summed E-state index contributed by atoms with van der Waals surface area (Å²) in [5, 5.41) is 5.89. The number of carbonyl (C=O) groups is 2. The predicted octanol–water partition coefficient (Wildman–Crippen LogP) is 3.00. The number of amides is 2. The lowest BCUT2D eigenvalue weighted by Crippen LogP contribution is -2.22. The van der Waals surface area contributed by atoms with Crippen LogP contribution in [0.25, 0.3) is 0 Å². The lowest BCUT2D eigenvalue weighted by Gasteiger charge is -2.12. The molecular formula is C22H27N3O4. The van der Waals surface area contributed by atoms with Gasteiger partial charge in [0.05, 0.1) is 12.6 Å². The summed E-state index contributed by atoms with van der Waals surface area (Å²) in [7, 11) is 3.42. The van der Waals surface area contributed by atoms with Crippen molar-refractivity contribution in [3.63, 3.8) is 0 Å². The summed E-state index contributed by atoms with van der Waals surface area (Å²) in [6, 6.07) is 14.3. The molecule has 1 fully saturated rings. The highest BCUT2D eigenvalue weighted by molar-refractivity contribution is 5.95. The molecule has 0 radical (unpaired) electrons. The zero-order chi connectivity index (χ0) is 20.6. The Kier molecular flexibility index (Phi) is 7.08. The number of benzene rings is 2. The maximum atomic E-state index is 12.2. The Morgan fingerprint density at radius 3 is 2.38 bits per heavy atom. The molecule has 1 unspecified atom stereocenters. The Hall–Kier alpha value is -3.06. The van der Waals surface area contributed by atoms with Gasteiger partial charge in [0.15, 0.2) is 0 Å². The number of ether oxygens (including phenoxy) is 2. The van der Waals surface area contributed by atoms with Gasteiger partial charge in [-0.3, -0.25) is 9.59 Å². The van der Waals surface area contributed by atoms with E-state index in [9.17, 15) is 9.59 Å². The van der Waals surface area contributed by atoms with Crippen LogP contribution in [-0.2, 0) is 9.53 Å². The van der Waals surface area contributed by atoms with E-state index >= 15 is 0 Å². The monoisotopic (exact) mass is 397 g/mol. The molecule has 0 spiro atoms. The molecule has 1 aliphatic rings. The Bertz CT molecular complexity index is 813. The van der Waals surface area contributed by atoms with E-state index in [1.165, 1.54) is 4.90 Å². The van der Waals surface area contributed by atoms with Crippen molar-refractivity contribution in [2.24, 2.45) is 0 Å². The molecule has 2 amide bonds. The minimum atomic E-state index is -0.161. The van der Waals surface area contributed by atoms with Crippen molar-refractivity contribution in [1.82, 2.24) is 4.90 Å². The van der Waals surface area contributed by atoms with E-state index in [2.05, 4.69) is 10.6 Å². The lowest BCUT2D eigenvalue weighted by molar-refractivity contribution is -0.114. The van der Waals surface area contributed by atoms with Crippen LogP contribution in [-0.4, -0.2) is 56.7 Å². The van der Waals surface area contributed by atoms with E-state index in [-0.39, 0.29) is 24.5 Å². The minimum absolute atomic E-state index is 0.0579. The van der Waals surface area contributed by atoms with Crippen LogP contribution < -0.4 is 15.4 Å². The third-order valence-corrected chi connectivity index (χ3v) is 4.59. The van der Waals surface area contributed by atoms with Crippen LogP contribution in [0, 0.1) is 0 Å². The van der Waals surface area contributed by atoms with E-state index in [0.29, 0.717) is 17.9 Å². The van der Waals surface area contributed by atoms with Gasteiger partial charge in [-0.15, -0.1) is 0 Å². The van der Waals surface area contributed by atoms with Crippen molar-refractivity contribution in [3.05, 3.63) is 54.1 Å². The zero-order valence-corrected chi connectivity index (χ0v) is 16.8. The average Bonchev–Trinajstić information content (AvgIpc) is 3.25. The van der Waals surface area contributed by atoms with Gasteiger partial charge in [-0.05, 0) is 61.4 Å². The van der Waals surface area contributed by atoms with Gasteiger partial charge in [0.25, 0.3) is 5.91 Å². The van der Waals surface area contributed by atoms with Gasteiger partial charge in [-0.25, -0.2) is 0 Å². The largest absolute Gasteiger partial charge is 0.491 e. The Morgan fingerprint density at radius 1 is 1.07 bits per heavy atom. The average molecular weight is 397 g/mol. The predicted molar refractivity (Wildman–Crippen MR) is 112 cm³/mol. The first-order chi connectivity index (χ1) is 14.0. The van der Waals surface area contributed by atoms with Crippen LogP contribution in [0.4, 0.5) is 11.4 Å². The number of hydrogen-bond donors (Lipinski definition) is 2. The van der Waals surface area contributed by atoms with Crippen molar-refractivity contribution < 1.29 is 19.1 Å². The molecule has 154 valence electrons. The van der Waals surface area contributed by atoms with Gasteiger partial charge >= 0.3 is 0 Å². The maximum Gasteiger partial charge on any atom is 0.253 e. The van der Waals surface area contributed by atoms with Crippen molar-refractivity contribution in [1.29, 1.82) is 0 Å². The van der Waals surface area contributed by atoms with Crippen LogP contribution in [0.2, 0.25) is 0 Å². The smallest absolute Gasteiger partial charge is 0.253 e. The number of nitrogens with one attached hydrogen (secondary N) is 2. The highest BCUT2D eigenvalue weighted by Crippen LogP contribution is 2.18. The number of rotatable bonds is 8. The van der Waals surface area contributed by atoms with Crippen molar-refractivity contribution in [2.45, 2.75) is 18.9 Å². The van der Waals surface area contributed by atoms with E-state index in [0.717, 1.165) is 30.9 Å². The highest BCUT2D eigenvalue weighted by atomic mass is 16.5. The molecule has 1 saturated heterocycles.